The van der Waals surface area contributed by atoms with Crippen molar-refractivity contribution >= 4 is 27.7 Å². The number of hydrogen-bond acceptors (Lipinski definition) is 3. The Bertz CT molecular complexity index is 612. The van der Waals surface area contributed by atoms with Crippen LogP contribution in [0.4, 0.5) is 0 Å². The first-order valence-corrected chi connectivity index (χ1v) is 8.47. The molecule has 2 aromatic rings. The van der Waals surface area contributed by atoms with E-state index >= 15 is 0 Å². The Balaban J connectivity index is 1.89. The van der Waals surface area contributed by atoms with Crippen molar-refractivity contribution in [1.29, 1.82) is 0 Å². The Kier molecular flexibility index (Phi) is 4.06. The molecule has 2 atom stereocenters. The molecule has 4 heteroatoms. The molecule has 3 rings (SSSR count). The fourth-order valence-corrected chi connectivity index (χ4v) is 3.19. The quantitative estimate of drug-likeness (QED) is 0.794. The number of ether oxygens (including phenoxy) is 1. The van der Waals surface area contributed by atoms with Gasteiger partial charge in [0.05, 0.1) is 6.10 Å². The van der Waals surface area contributed by atoms with Crippen LogP contribution < -0.4 is 4.74 Å². The van der Waals surface area contributed by atoms with Crippen LogP contribution in [-0.2, 0) is 0 Å². The van der Waals surface area contributed by atoms with Crippen molar-refractivity contribution in [3.05, 3.63) is 58.1 Å². The Morgan fingerprint density at radius 2 is 1.95 bits per heavy atom. The van der Waals surface area contributed by atoms with Crippen molar-refractivity contribution in [3.8, 4) is 5.75 Å². The van der Waals surface area contributed by atoms with Gasteiger partial charge < -0.3 is 9.84 Å². The van der Waals surface area contributed by atoms with Crippen molar-refractivity contribution in [2.75, 3.05) is 6.26 Å². The molecular weight excluding hydrogens is 336 g/mol. The summed E-state index contributed by atoms with van der Waals surface area (Å²) < 4.78 is 7.01. The molecule has 20 heavy (non-hydrogen) atoms. The van der Waals surface area contributed by atoms with Crippen LogP contribution in [0.3, 0.4) is 0 Å². The Hall–Kier alpha value is -0.970. The largest absolute Gasteiger partial charge is 0.485 e. The van der Waals surface area contributed by atoms with Crippen molar-refractivity contribution in [2.24, 2.45) is 0 Å². The number of rotatable bonds is 2. The Morgan fingerprint density at radius 3 is 2.65 bits per heavy atom. The van der Waals surface area contributed by atoms with E-state index in [1.165, 1.54) is 4.90 Å². The van der Waals surface area contributed by atoms with E-state index in [4.69, 9.17) is 4.74 Å². The topological polar surface area (TPSA) is 29.5 Å². The predicted molar refractivity (Wildman–Crippen MR) is 85.3 cm³/mol. The summed E-state index contributed by atoms with van der Waals surface area (Å²) in [6.45, 7) is 0. The summed E-state index contributed by atoms with van der Waals surface area (Å²) in [4.78, 5) is 1.23. The van der Waals surface area contributed by atoms with E-state index in [1.807, 2.05) is 18.2 Å². The highest BCUT2D eigenvalue weighted by Gasteiger charge is 2.28. The number of halogens is 1. The number of aliphatic hydroxyl groups excluding tert-OH is 1. The SMILES string of the molecule is CSc1ccc(C2CC(O)c3ccc(Br)cc3O2)cc1. The van der Waals surface area contributed by atoms with Crippen molar-refractivity contribution in [1.82, 2.24) is 0 Å². The van der Waals surface area contributed by atoms with Gasteiger partial charge in [-0.2, -0.15) is 0 Å². The average molecular weight is 351 g/mol. The van der Waals surface area contributed by atoms with Crippen molar-refractivity contribution in [2.45, 2.75) is 23.5 Å². The molecular formula is C16H15BrO2S. The predicted octanol–water partition coefficient (Wildman–Crippen LogP) is 4.73. The molecule has 0 fully saturated rings. The first-order valence-electron chi connectivity index (χ1n) is 6.45. The van der Waals surface area contributed by atoms with Gasteiger partial charge in [-0.25, -0.2) is 0 Å². The Morgan fingerprint density at radius 1 is 1.20 bits per heavy atom. The zero-order valence-electron chi connectivity index (χ0n) is 11.0. The van der Waals surface area contributed by atoms with Gasteiger partial charge in [-0.05, 0) is 36.1 Å². The molecule has 104 valence electrons. The van der Waals surface area contributed by atoms with Gasteiger partial charge in [-0.15, -0.1) is 11.8 Å². The lowest BCUT2D eigenvalue weighted by Crippen LogP contribution is -2.18. The van der Waals surface area contributed by atoms with Crippen LogP contribution in [0, 0.1) is 0 Å². The summed E-state index contributed by atoms with van der Waals surface area (Å²) in [5.74, 6) is 0.761. The van der Waals surface area contributed by atoms with Gasteiger partial charge in [0, 0.05) is 21.4 Å². The molecule has 0 aromatic heterocycles. The number of aliphatic hydroxyl groups is 1. The van der Waals surface area contributed by atoms with Gasteiger partial charge in [0.2, 0.25) is 0 Å². The van der Waals surface area contributed by atoms with E-state index in [-0.39, 0.29) is 6.10 Å². The van der Waals surface area contributed by atoms with E-state index in [0.717, 1.165) is 21.3 Å². The monoisotopic (exact) mass is 350 g/mol. The summed E-state index contributed by atoms with van der Waals surface area (Å²) in [5, 5.41) is 10.3. The fourth-order valence-electron chi connectivity index (χ4n) is 2.44. The molecule has 0 aliphatic carbocycles. The van der Waals surface area contributed by atoms with Crippen molar-refractivity contribution in [3.63, 3.8) is 0 Å². The van der Waals surface area contributed by atoms with Crippen LogP contribution in [0.2, 0.25) is 0 Å². The second-order valence-electron chi connectivity index (χ2n) is 4.81. The minimum absolute atomic E-state index is 0.0947. The molecule has 0 spiro atoms. The normalized spacial score (nSPS) is 21.1. The number of hydrogen-bond donors (Lipinski definition) is 1. The highest BCUT2D eigenvalue weighted by molar-refractivity contribution is 9.10. The van der Waals surface area contributed by atoms with E-state index in [0.29, 0.717) is 6.42 Å². The molecule has 0 radical (unpaired) electrons. The number of thioether (sulfide) groups is 1. The summed E-state index contributed by atoms with van der Waals surface area (Å²) in [7, 11) is 0. The van der Waals surface area contributed by atoms with E-state index < -0.39 is 6.10 Å². The maximum atomic E-state index is 10.3. The zero-order chi connectivity index (χ0) is 14.1. The summed E-state index contributed by atoms with van der Waals surface area (Å²) >= 11 is 5.16. The molecule has 1 aliphatic rings. The maximum Gasteiger partial charge on any atom is 0.127 e. The summed E-state index contributed by atoms with van der Waals surface area (Å²) in [6.07, 6.45) is 2.08. The minimum atomic E-state index is -0.475. The van der Waals surface area contributed by atoms with Crippen LogP contribution in [0.15, 0.2) is 51.8 Å². The van der Waals surface area contributed by atoms with Crippen LogP contribution in [0.5, 0.6) is 5.75 Å². The summed E-state index contributed by atoms with van der Waals surface area (Å²) in [5.41, 5.74) is 1.97. The van der Waals surface area contributed by atoms with Crippen LogP contribution in [0.25, 0.3) is 0 Å². The Labute approximate surface area is 131 Å². The van der Waals surface area contributed by atoms with E-state index in [1.54, 1.807) is 11.8 Å². The van der Waals surface area contributed by atoms with E-state index in [9.17, 15) is 5.11 Å². The standard InChI is InChI=1S/C16H15BrO2S/c1-20-12-5-2-10(3-6-12)15-9-14(18)13-7-4-11(17)8-16(13)19-15/h2-8,14-15,18H,9H2,1H3. The molecule has 2 nitrogen and oxygen atoms in total. The highest BCUT2D eigenvalue weighted by atomic mass is 79.9. The molecule has 0 bridgehead atoms. The van der Waals surface area contributed by atoms with Gasteiger partial charge in [0.15, 0.2) is 0 Å². The minimum Gasteiger partial charge on any atom is -0.485 e. The van der Waals surface area contributed by atoms with Gasteiger partial charge >= 0.3 is 0 Å². The lowest BCUT2D eigenvalue weighted by atomic mass is 9.95. The first kappa shape index (κ1) is 14.0. The van der Waals surface area contributed by atoms with Gasteiger partial charge in [-0.3, -0.25) is 0 Å². The van der Waals surface area contributed by atoms with Crippen molar-refractivity contribution < 1.29 is 9.84 Å². The van der Waals surface area contributed by atoms with Gasteiger partial charge in [0.1, 0.15) is 11.9 Å². The molecule has 2 aromatic carbocycles. The molecule has 0 saturated carbocycles. The molecule has 1 aliphatic heterocycles. The third kappa shape index (κ3) is 2.73. The van der Waals surface area contributed by atoms with Gasteiger partial charge in [0.25, 0.3) is 0 Å². The lowest BCUT2D eigenvalue weighted by Gasteiger charge is -2.30. The molecule has 2 unspecified atom stereocenters. The molecule has 0 amide bonds. The maximum absolute atomic E-state index is 10.3. The second-order valence-corrected chi connectivity index (χ2v) is 6.61. The highest BCUT2D eigenvalue weighted by Crippen LogP contribution is 2.41. The molecule has 1 heterocycles. The third-order valence-electron chi connectivity index (χ3n) is 3.53. The smallest absolute Gasteiger partial charge is 0.127 e. The van der Waals surface area contributed by atoms with Crippen LogP contribution in [0.1, 0.15) is 29.8 Å². The van der Waals surface area contributed by atoms with Crippen LogP contribution in [-0.4, -0.2) is 11.4 Å². The lowest BCUT2D eigenvalue weighted by molar-refractivity contribution is 0.0656. The fraction of sp³-hybridized carbons (Fsp3) is 0.250. The first-order chi connectivity index (χ1) is 9.67. The second kappa shape index (κ2) is 5.80. The molecule has 0 saturated heterocycles. The zero-order valence-corrected chi connectivity index (χ0v) is 13.4. The van der Waals surface area contributed by atoms with Gasteiger partial charge in [-0.1, -0.05) is 34.1 Å². The van der Waals surface area contributed by atoms with Crippen LogP contribution >= 0.6 is 27.7 Å². The number of benzene rings is 2. The third-order valence-corrected chi connectivity index (χ3v) is 4.77. The van der Waals surface area contributed by atoms with E-state index in [2.05, 4.69) is 46.5 Å². The summed E-state index contributed by atoms with van der Waals surface area (Å²) in [6, 6.07) is 14.1. The average Bonchev–Trinajstić information content (AvgIpc) is 2.46. The molecule has 1 N–H and O–H groups in total. The number of fused-ring (bicyclic) bond motifs is 1.